The summed E-state index contributed by atoms with van der Waals surface area (Å²) in [6.45, 7) is 22.4. The molecule has 0 aliphatic heterocycles. The first-order chi connectivity index (χ1) is 12.5. The van der Waals surface area contributed by atoms with Crippen LogP contribution in [0.4, 0.5) is 0 Å². The van der Waals surface area contributed by atoms with E-state index in [1.807, 2.05) is 13.8 Å². The third-order valence-electron chi connectivity index (χ3n) is 5.66. The van der Waals surface area contributed by atoms with Gasteiger partial charge in [-0.3, -0.25) is 0 Å². The molecule has 0 amide bonds. The topological polar surface area (TPSA) is 0 Å². The van der Waals surface area contributed by atoms with Crippen molar-refractivity contribution >= 4 is 16.8 Å². The minimum Gasteiger partial charge on any atom is -0.0798 e. The van der Waals surface area contributed by atoms with Crippen LogP contribution < -0.4 is 0 Å². The van der Waals surface area contributed by atoms with Crippen LogP contribution in [0.25, 0.3) is 16.8 Å². The lowest BCUT2D eigenvalue weighted by molar-refractivity contribution is 0.520. The van der Waals surface area contributed by atoms with Crippen LogP contribution in [0, 0.1) is 19.3 Å². The lowest BCUT2D eigenvalue weighted by Gasteiger charge is -2.23. The maximum absolute atomic E-state index is 2.43. The Morgan fingerprint density at radius 1 is 0.778 bits per heavy atom. The van der Waals surface area contributed by atoms with Gasteiger partial charge in [0.15, 0.2) is 0 Å². The van der Waals surface area contributed by atoms with Crippen molar-refractivity contribution in [3.8, 4) is 0 Å². The van der Waals surface area contributed by atoms with E-state index in [-0.39, 0.29) is 10.8 Å². The van der Waals surface area contributed by atoms with Gasteiger partial charge in [0, 0.05) is 0 Å². The summed E-state index contributed by atoms with van der Waals surface area (Å²) >= 11 is 0. The maximum Gasteiger partial charge on any atom is -0.00853 e. The number of rotatable bonds is 0. The van der Waals surface area contributed by atoms with Crippen molar-refractivity contribution in [3.05, 3.63) is 63.7 Å². The van der Waals surface area contributed by atoms with Crippen LogP contribution in [0.5, 0.6) is 0 Å². The molecule has 1 aliphatic carbocycles. The number of allylic oxidation sites excluding steroid dienone is 3. The fourth-order valence-corrected chi connectivity index (χ4v) is 3.82. The van der Waals surface area contributed by atoms with Gasteiger partial charge in [-0.2, -0.15) is 0 Å². The standard InChI is InChI=1S/C25H32.C2H6/c1-16-20-11-9-10-18(24(3,4)5)14-22(20)17(2)21-13-12-19(15-23(16)21)25(6,7)8;1-2/h9-10,12-15H,11H2,1-8H3;1-2H3. The highest BCUT2D eigenvalue weighted by molar-refractivity contribution is 5.94. The predicted octanol–water partition coefficient (Wildman–Crippen LogP) is 8.32. The summed E-state index contributed by atoms with van der Waals surface area (Å²) in [6.07, 6.45) is 8.12. The SMILES string of the molecule is CC.Cc1c2c(c(C)c3cc(C(C)(C)C)ccc13)CC=CC(C(C)(C)C)=C2. The minimum absolute atomic E-state index is 0.170. The first-order valence-corrected chi connectivity index (χ1v) is 10.4. The molecular formula is C27H38. The highest BCUT2D eigenvalue weighted by atomic mass is 14.3. The zero-order chi connectivity index (χ0) is 20.6. The third-order valence-corrected chi connectivity index (χ3v) is 5.66. The Bertz CT molecular complexity index is 890. The van der Waals surface area contributed by atoms with E-state index >= 15 is 0 Å². The van der Waals surface area contributed by atoms with Crippen molar-refractivity contribution in [3.63, 3.8) is 0 Å². The Hall–Kier alpha value is -1.82. The maximum atomic E-state index is 2.43. The quantitative estimate of drug-likeness (QED) is 0.442. The van der Waals surface area contributed by atoms with Crippen molar-refractivity contribution in [1.29, 1.82) is 0 Å². The third kappa shape index (κ3) is 4.21. The zero-order valence-electron chi connectivity index (χ0n) is 19.2. The average molecular weight is 363 g/mol. The van der Waals surface area contributed by atoms with E-state index in [0.717, 1.165) is 6.42 Å². The fraction of sp³-hybridized carbons (Fsp3) is 0.481. The molecule has 0 heteroatoms. The largest absolute Gasteiger partial charge is 0.0798 e. The Kier molecular flexibility index (Phi) is 6.10. The van der Waals surface area contributed by atoms with Crippen LogP contribution in [0.1, 0.15) is 83.2 Å². The Morgan fingerprint density at radius 3 is 1.96 bits per heavy atom. The molecule has 0 fully saturated rings. The molecule has 0 radical (unpaired) electrons. The number of aryl methyl sites for hydroxylation is 2. The molecule has 146 valence electrons. The van der Waals surface area contributed by atoms with Gasteiger partial charge in [0.05, 0.1) is 0 Å². The van der Waals surface area contributed by atoms with Gasteiger partial charge in [-0.25, -0.2) is 0 Å². The summed E-state index contributed by atoms with van der Waals surface area (Å²) in [7, 11) is 0. The van der Waals surface area contributed by atoms with E-state index in [2.05, 4.69) is 91.8 Å². The van der Waals surface area contributed by atoms with Crippen LogP contribution >= 0.6 is 0 Å². The Morgan fingerprint density at radius 2 is 1.41 bits per heavy atom. The van der Waals surface area contributed by atoms with Crippen molar-refractivity contribution in [2.75, 3.05) is 0 Å². The highest BCUT2D eigenvalue weighted by Gasteiger charge is 2.21. The van der Waals surface area contributed by atoms with Gasteiger partial charge in [-0.15, -0.1) is 0 Å². The molecule has 0 saturated carbocycles. The van der Waals surface area contributed by atoms with E-state index < -0.39 is 0 Å². The molecule has 0 unspecified atom stereocenters. The molecule has 0 N–H and O–H groups in total. The summed E-state index contributed by atoms with van der Waals surface area (Å²) in [5.74, 6) is 0. The van der Waals surface area contributed by atoms with Gasteiger partial charge in [0.25, 0.3) is 0 Å². The van der Waals surface area contributed by atoms with Gasteiger partial charge >= 0.3 is 0 Å². The van der Waals surface area contributed by atoms with E-state index in [1.54, 1.807) is 0 Å². The number of fused-ring (bicyclic) bond motifs is 2. The molecule has 0 heterocycles. The van der Waals surface area contributed by atoms with E-state index in [4.69, 9.17) is 0 Å². The van der Waals surface area contributed by atoms with Gasteiger partial charge in [-0.1, -0.05) is 91.8 Å². The van der Waals surface area contributed by atoms with Crippen LogP contribution in [0.15, 0.2) is 35.9 Å². The molecule has 3 rings (SSSR count). The van der Waals surface area contributed by atoms with Gasteiger partial charge < -0.3 is 0 Å². The van der Waals surface area contributed by atoms with Gasteiger partial charge in [0.1, 0.15) is 0 Å². The summed E-state index contributed by atoms with van der Waals surface area (Å²) < 4.78 is 0. The molecular weight excluding hydrogens is 324 g/mol. The molecule has 0 saturated heterocycles. The molecule has 2 aromatic rings. The molecule has 0 atom stereocenters. The highest BCUT2D eigenvalue weighted by Crippen LogP contribution is 2.38. The zero-order valence-corrected chi connectivity index (χ0v) is 19.2. The summed E-state index contributed by atoms with van der Waals surface area (Å²) in [4.78, 5) is 0. The molecule has 0 nitrogen and oxygen atoms in total. The van der Waals surface area contributed by atoms with E-state index in [1.165, 1.54) is 44.2 Å². The van der Waals surface area contributed by atoms with E-state index in [9.17, 15) is 0 Å². The van der Waals surface area contributed by atoms with Crippen molar-refractivity contribution in [2.45, 2.75) is 81.1 Å². The molecule has 0 spiro atoms. The van der Waals surface area contributed by atoms with Crippen molar-refractivity contribution in [1.82, 2.24) is 0 Å². The summed E-state index contributed by atoms with van der Waals surface area (Å²) in [6, 6.07) is 7.06. The molecule has 1 aliphatic rings. The van der Waals surface area contributed by atoms with Crippen LogP contribution in [-0.4, -0.2) is 0 Å². The predicted molar refractivity (Wildman–Crippen MR) is 124 cm³/mol. The second kappa shape index (κ2) is 7.66. The minimum atomic E-state index is 0.170. The van der Waals surface area contributed by atoms with Crippen molar-refractivity contribution < 1.29 is 0 Å². The molecule has 0 aromatic heterocycles. The van der Waals surface area contributed by atoms with Crippen LogP contribution in [-0.2, 0) is 11.8 Å². The first kappa shape index (κ1) is 21.5. The lowest BCUT2D eigenvalue weighted by Crippen LogP contribution is -2.11. The van der Waals surface area contributed by atoms with Gasteiger partial charge in [-0.05, 0) is 75.3 Å². The monoisotopic (exact) mass is 362 g/mol. The second-order valence-electron chi connectivity index (χ2n) is 9.61. The van der Waals surface area contributed by atoms with Crippen LogP contribution in [0.3, 0.4) is 0 Å². The molecule has 0 bridgehead atoms. The number of hydrogen-bond donors (Lipinski definition) is 0. The fourth-order valence-electron chi connectivity index (χ4n) is 3.82. The Labute approximate surface area is 167 Å². The normalized spacial score (nSPS) is 14.2. The number of benzene rings is 2. The number of hydrogen-bond acceptors (Lipinski definition) is 0. The Balaban J connectivity index is 0.00000126. The molecule has 2 aromatic carbocycles. The first-order valence-electron chi connectivity index (χ1n) is 10.4. The van der Waals surface area contributed by atoms with Gasteiger partial charge in [0.2, 0.25) is 0 Å². The van der Waals surface area contributed by atoms with Crippen LogP contribution in [0.2, 0.25) is 0 Å². The molecule has 27 heavy (non-hydrogen) atoms. The summed E-state index contributed by atoms with van der Waals surface area (Å²) in [5, 5.41) is 2.82. The summed E-state index contributed by atoms with van der Waals surface area (Å²) in [5.41, 5.74) is 8.97. The smallest absolute Gasteiger partial charge is 0.00853 e. The second-order valence-corrected chi connectivity index (χ2v) is 9.61. The van der Waals surface area contributed by atoms with Crippen molar-refractivity contribution in [2.24, 2.45) is 5.41 Å². The lowest BCUT2D eigenvalue weighted by atomic mass is 9.81. The average Bonchev–Trinajstić information content (AvgIpc) is 2.83. The van der Waals surface area contributed by atoms with E-state index in [0.29, 0.717) is 0 Å².